The first kappa shape index (κ1) is 18.0. The van der Waals surface area contributed by atoms with Gasteiger partial charge in [0, 0.05) is 30.3 Å². The molecule has 0 unspecified atom stereocenters. The Balaban J connectivity index is 1.54. The largest absolute Gasteiger partial charge is 0.497 e. The second-order valence-corrected chi connectivity index (χ2v) is 6.64. The Labute approximate surface area is 154 Å². The van der Waals surface area contributed by atoms with Crippen LogP contribution in [0.3, 0.4) is 0 Å². The summed E-state index contributed by atoms with van der Waals surface area (Å²) < 4.78 is 5.18. The molecule has 0 bridgehead atoms. The maximum absolute atomic E-state index is 12.6. The Hall–Kier alpha value is -2.82. The van der Waals surface area contributed by atoms with Crippen molar-refractivity contribution in [3.63, 3.8) is 0 Å². The van der Waals surface area contributed by atoms with E-state index >= 15 is 0 Å². The van der Waals surface area contributed by atoms with E-state index in [0.717, 1.165) is 18.4 Å². The van der Waals surface area contributed by atoms with Gasteiger partial charge in [-0.25, -0.2) is 0 Å². The summed E-state index contributed by atoms with van der Waals surface area (Å²) in [6.45, 7) is 3.26. The molecule has 2 aromatic rings. The van der Waals surface area contributed by atoms with Crippen LogP contribution in [0.15, 0.2) is 48.5 Å². The molecule has 1 N–H and O–H groups in total. The standard InChI is InChI=1S/C21H24N2O3/c1-15-6-8-16(9-7-15)20(24)22-18-10-12-23(13-11-18)21(25)17-4-3-5-19(14-17)26-2/h3-9,14,18H,10-13H2,1-2H3,(H,22,24). The number of rotatable bonds is 4. The van der Waals surface area contributed by atoms with E-state index in [0.29, 0.717) is 30.0 Å². The molecule has 0 radical (unpaired) electrons. The highest BCUT2D eigenvalue weighted by atomic mass is 16.5. The van der Waals surface area contributed by atoms with Gasteiger partial charge in [0.2, 0.25) is 0 Å². The van der Waals surface area contributed by atoms with Crippen molar-refractivity contribution in [2.75, 3.05) is 20.2 Å². The van der Waals surface area contributed by atoms with Crippen LogP contribution in [-0.4, -0.2) is 43.0 Å². The molecule has 5 heteroatoms. The predicted octanol–water partition coefficient (Wildman–Crippen LogP) is 3.04. The first-order chi connectivity index (χ1) is 12.6. The number of amides is 2. The van der Waals surface area contributed by atoms with Gasteiger partial charge >= 0.3 is 0 Å². The maximum Gasteiger partial charge on any atom is 0.253 e. The van der Waals surface area contributed by atoms with E-state index in [1.54, 1.807) is 19.2 Å². The molecule has 1 fully saturated rings. The van der Waals surface area contributed by atoms with Crippen molar-refractivity contribution in [2.24, 2.45) is 0 Å². The molecule has 26 heavy (non-hydrogen) atoms. The topological polar surface area (TPSA) is 58.6 Å². The fourth-order valence-corrected chi connectivity index (χ4v) is 3.14. The normalized spacial score (nSPS) is 14.8. The van der Waals surface area contributed by atoms with E-state index in [9.17, 15) is 9.59 Å². The van der Waals surface area contributed by atoms with Gasteiger partial charge in [0.15, 0.2) is 0 Å². The highest BCUT2D eigenvalue weighted by Crippen LogP contribution is 2.18. The number of piperidine rings is 1. The van der Waals surface area contributed by atoms with Crippen LogP contribution >= 0.6 is 0 Å². The van der Waals surface area contributed by atoms with Gasteiger partial charge in [-0.05, 0) is 50.1 Å². The number of carbonyl (C=O) groups excluding carboxylic acids is 2. The van der Waals surface area contributed by atoms with Gasteiger partial charge in [-0.1, -0.05) is 23.8 Å². The third kappa shape index (κ3) is 4.23. The van der Waals surface area contributed by atoms with Crippen LogP contribution in [0.2, 0.25) is 0 Å². The number of likely N-dealkylation sites (tertiary alicyclic amines) is 1. The molecule has 5 nitrogen and oxygen atoms in total. The minimum Gasteiger partial charge on any atom is -0.497 e. The number of ether oxygens (including phenoxy) is 1. The summed E-state index contributed by atoms with van der Waals surface area (Å²) >= 11 is 0. The molecule has 0 aromatic heterocycles. The van der Waals surface area contributed by atoms with Gasteiger partial charge in [-0.2, -0.15) is 0 Å². The molecule has 0 atom stereocenters. The highest BCUT2D eigenvalue weighted by Gasteiger charge is 2.25. The summed E-state index contributed by atoms with van der Waals surface area (Å²) in [5.74, 6) is 0.630. The summed E-state index contributed by atoms with van der Waals surface area (Å²) in [5.41, 5.74) is 2.43. The lowest BCUT2D eigenvalue weighted by atomic mass is 10.0. The third-order valence-electron chi connectivity index (χ3n) is 4.75. The van der Waals surface area contributed by atoms with Gasteiger partial charge in [0.05, 0.1) is 7.11 Å². The molecule has 1 heterocycles. The lowest BCUT2D eigenvalue weighted by Crippen LogP contribution is -2.46. The molecule has 3 rings (SSSR count). The molecular weight excluding hydrogens is 328 g/mol. The second-order valence-electron chi connectivity index (χ2n) is 6.64. The van der Waals surface area contributed by atoms with Crippen LogP contribution in [0.1, 0.15) is 39.1 Å². The van der Waals surface area contributed by atoms with E-state index in [-0.39, 0.29) is 17.9 Å². The molecule has 136 valence electrons. The van der Waals surface area contributed by atoms with Crippen molar-refractivity contribution < 1.29 is 14.3 Å². The summed E-state index contributed by atoms with van der Waals surface area (Å²) in [7, 11) is 1.59. The van der Waals surface area contributed by atoms with Gasteiger partial charge in [0.25, 0.3) is 11.8 Å². The number of aryl methyl sites for hydroxylation is 1. The summed E-state index contributed by atoms with van der Waals surface area (Å²) in [6.07, 6.45) is 1.51. The van der Waals surface area contributed by atoms with Crippen molar-refractivity contribution in [1.82, 2.24) is 10.2 Å². The van der Waals surface area contributed by atoms with Crippen LogP contribution in [0, 0.1) is 6.92 Å². The number of benzene rings is 2. The first-order valence-corrected chi connectivity index (χ1v) is 8.87. The SMILES string of the molecule is COc1cccc(C(=O)N2CCC(NC(=O)c3ccc(C)cc3)CC2)c1. The van der Waals surface area contributed by atoms with E-state index in [4.69, 9.17) is 4.74 Å². The molecule has 1 aliphatic rings. The number of methoxy groups -OCH3 is 1. The Morgan fingerprint density at radius 2 is 1.73 bits per heavy atom. The molecular formula is C21H24N2O3. The fourth-order valence-electron chi connectivity index (χ4n) is 3.14. The Bertz CT molecular complexity index is 778. The van der Waals surface area contributed by atoms with Crippen molar-refractivity contribution in [3.05, 3.63) is 65.2 Å². The van der Waals surface area contributed by atoms with E-state index in [1.807, 2.05) is 48.2 Å². The van der Waals surface area contributed by atoms with E-state index in [2.05, 4.69) is 5.32 Å². The second kappa shape index (κ2) is 8.04. The number of carbonyl (C=O) groups is 2. The molecule has 1 aliphatic heterocycles. The summed E-state index contributed by atoms with van der Waals surface area (Å²) in [4.78, 5) is 26.8. The molecule has 2 amide bonds. The van der Waals surface area contributed by atoms with Gasteiger partial charge in [-0.15, -0.1) is 0 Å². The summed E-state index contributed by atoms with van der Waals surface area (Å²) in [6, 6.07) is 14.8. The van der Waals surface area contributed by atoms with Gasteiger partial charge in [-0.3, -0.25) is 9.59 Å². The Morgan fingerprint density at radius 3 is 2.38 bits per heavy atom. The smallest absolute Gasteiger partial charge is 0.253 e. The lowest BCUT2D eigenvalue weighted by molar-refractivity contribution is 0.0697. The van der Waals surface area contributed by atoms with Crippen molar-refractivity contribution in [3.8, 4) is 5.75 Å². The van der Waals surface area contributed by atoms with Crippen LogP contribution in [0.4, 0.5) is 0 Å². The zero-order chi connectivity index (χ0) is 18.5. The van der Waals surface area contributed by atoms with Crippen LogP contribution in [0.5, 0.6) is 5.75 Å². The lowest BCUT2D eigenvalue weighted by Gasteiger charge is -2.32. The summed E-state index contributed by atoms with van der Waals surface area (Å²) in [5, 5.41) is 3.08. The molecule has 0 spiro atoms. The molecule has 2 aromatic carbocycles. The molecule has 1 saturated heterocycles. The van der Waals surface area contributed by atoms with E-state index in [1.165, 1.54) is 0 Å². The fraction of sp³-hybridized carbons (Fsp3) is 0.333. The average Bonchev–Trinajstić information content (AvgIpc) is 2.68. The van der Waals surface area contributed by atoms with Gasteiger partial charge < -0.3 is 15.0 Å². The third-order valence-corrected chi connectivity index (χ3v) is 4.75. The predicted molar refractivity (Wildman–Crippen MR) is 101 cm³/mol. The Morgan fingerprint density at radius 1 is 1.04 bits per heavy atom. The number of hydrogen-bond donors (Lipinski definition) is 1. The zero-order valence-electron chi connectivity index (χ0n) is 15.2. The Kier molecular flexibility index (Phi) is 5.56. The van der Waals surface area contributed by atoms with Crippen molar-refractivity contribution in [2.45, 2.75) is 25.8 Å². The van der Waals surface area contributed by atoms with Gasteiger partial charge in [0.1, 0.15) is 5.75 Å². The quantitative estimate of drug-likeness (QED) is 0.920. The monoisotopic (exact) mass is 352 g/mol. The van der Waals surface area contributed by atoms with Crippen molar-refractivity contribution in [1.29, 1.82) is 0 Å². The molecule has 0 saturated carbocycles. The minimum atomic E-state index is -0.0532. The maximum atomic E-state index is 12.6. The van der Waals surface area contributed by atoms with Crippen LogP contribution in [-0.2, 0) is 0 Å². The number of nitrogens with zero attached hydrogens (tertiary/aromatic N) is 1. The number of hydrogen-bond acceptors (Lipinski definition) is 3. The average molecular weight is 352 g/mol. The zero-order valence-corrected chi connectivity index (χ0v) is 15.2. The van der Waals surface area contributed by atoms with Crippen molar-refractivity contribution >= 4 is 11.8 Å². The van der Waals surface area contributed by atoms with E-state index < -0.39 is 0 Å². The highest BCUT2D eigenvalue weighted by molar-refractivity contribution is 5.95. The minimum absolute atomic E-state index is 0.00668. The van der Waals surface area contributed by atoms with Crippen LogP contribution in [0.25, 0.3) is 0 Å². The molecule has 0 aliphatic carbocycles. The first-order valence-electron chi connectivity index (χ1n) is 8.87. The van der Waals surface area contributed by atoms with Crippen LogP contribution < -0.4 is 10.1 Å². The number of nitrogens with one attached hydrogen (secondary N) is 1.